The van der Waals surface area contributed by atoms with Crippen LogP contribution in [0.3, 0.4) is 0 Å². The Balaban J connectivity index is 2.00. The Kier molecular flexibility index (Phi) is 2.99. The molecule has 2 fully saturated rings. The number of hydrogen-bond donors (Lipinski definition) is 1. The highest BCUT2D eigenvalue weighted by atomic mass is 16.2. The van der Waals surface area contributed by atoms with Crippen LogP contribution in [0.2, 0.25) is 0 Å². The Labute approximate surface area is 98.4 Å². The quantitative estimate of drug-likeness (QED) is 0.774. The van der Waals surface area contributed by atoms with Crippen molar-refractivity contribution in [3.05, 3.63) is 0 Å². The number of carbonyl (C=O) groups is 1. The van der Waals surface area contributed by atoms with E-state index in [1.54, 1.807) is 0 Å². The maximum absolute atomic E-state index is 12.3. The van der Waals surface area contributed by atoms with Gasteiger partial charge < -0.3 is 10.6 Å². The van der Waals surface area contributed by atoms with Gasteiger partial charge in [0.2, 0.25) is 5.91 Å². The third-order valence-corrected chi connectivity index (χ3v) is 4.34. The first-order valence-corrected chi connectivity index (χ1v) is 6.46. The van der Waals surface area contributed by atoms with Crippen molar-refractivity contribution in [3.63, 3.8) is 0 Å². The van der Waals surface area contributed by atoms with Crippen LogP contribution in [0.15, 0.2) is 0 Å². The molecule has 3 unspecified atom stereocenters. The molecule has 0 spiro atoms. The molecular weight excluding hydrogens is 200 g/mol. The average molecular weight is 224 g/mol. The van der Waals surface area contributed by atoms with Crippen LogP contribution in [0.1, 0.15) is 40.0 Å². The van der Waals surface area contributed by atoms with E-state index in [0.29, 0.717) is 18.4 Å². The van der Waals surface area contributed by atoms with Crippen LogP contribution in [0.4, 0.5) is 0 Å². The van der Waals surface area contributed by atoms with Crippen molar-refractivity contribution >= 4 is 5.91 Å². The number of amides is 1. The van der Waals surface area contributed by atoms with Gasteiger partial charge in [0.15, 0.2) is 0 Å². The molecule has 1 saturated heterocycles. The molecule has 0 aromatic heterocycles. The van der Waals surface area contributed by atoms with E-state index in [9.17, 15) is 4.79 Å². The van der Waals surface area contributed by atoms with Crippen molar-refractivity contribution in [2.75, 3.05) is 13.1 Å². The first kappa shape index (κ1) is 11.9. The van der Waals surface area contributed by atoms with E-state index in [-0.39, 0.29) is 17.4 Å². The Morgan fingerprint density at radius 1 is 1.50 bits per heavy atom. The van der Waals surface area contributed by atoms with Crippen molar-refractivity contribution < 1.29 is 4.79 Å². The summed E-state index contributed by atoms with van der Waals surface area (Å²) in [6, 6.07) is 0.285. The molecule has 92 valence electrons. The molecule has 1 amide bonds. The smallest absolute Gasteiger partial charge is 0.226 e. The zero-order chi connectivity index (χ0) is 11.9. The van der Waals surface area contributed by atoms with Crippen molar-refractivity contribution in [3.8, 4) is 0 Å². The fourth-order valence-corrected chi connectivity index (χ4v) is 2.85. The van der Waals surface area contributed by atoms with Gasteiger partial charge in [-0.3, -0.25) is 4.79 Å². The highest BCUT2D eigenvalue weighted by molar-refractivity contribution is 5.83. The van der Waals surface area contributed by atoms with Gasteiger partial charge in [0.1, 0.15) is 0 Å². The molecule has 0 aromatic rings. The lowest BCUT2D eigenvalue weighted by Crippen LogP contribution is -2.50. The molecule has 2 N–H and O–H groups in total. The molecule has 3 heteroatoms. The van der Waals surface area contributed by atoms with Gasteiger partial charge in [-0.2, -0.15) is 0 Å². The number of hydrogen-bond acceptors (Lipinski definition) is 2. The van der Waals surface area contributed by atoms with Gasteiger partial charge in [-0.15, -0.1) is 0 Å². The Morgan fingerprint density at radius 3 is 2.62 bits per heavy atom. The number of carbonyl (C=O) groups excluding carboxylic acids is 1. The van der Waals surface area contributed by atoms with E-state index in [4.69, 9.17) is 5.73 Å². The number of rotatable bonds is 2. The lowest BCUT2D eigenvalue weighted by Gasteiger charge is -2.38. The first-order chi connectivity index (χ1) is 7.45. The van der Waals surface area contributed by atoms with E-state index in [1.165, 1.54) is 0 Å². The summed E-state index contributed by atoms with van der Waals surface area (Å²) in [4.78, 5) is 14.4. The monoisotopic (exact) mass is 224 g/mol. The fourth-order valence-electron chi connectivity index (χ4n) is 2.85. The van der Waals surface area contributed by atoms with Crippen LogP contribution in [0, 0.1) is 17.3 Å². The van der Waals surface area contributed by atoms with Crippen LogP contribution < -0.4 is 5.73 Å². The molecule has 16 heavy (non-hydrogen) atoms. The van der Waals surface area contributed by atoms with Crippen LogP contribution in [-0.4, -0.2) is 29.9 Å². The van der Waals surface area contributed by atoms with E-state index < -0.39 is 0 Å². The minimum atomic E-state index is 0.235. The molecule has 1 aliphatic carbocycles. The Bertz CT molecular complexity index is 288. The summed E-state index contributed by atoms with van der Waals surface area (Å²) in [5, 5.41) is 0. The standard InChI is InChI=1S/C13H24N2O/c1-9-4-5-15(10(6-9)8-14)12(16)11-7-13(11,2)3/h9-11H,4-8,14H2,1-3H3. The van der Waals surface area contributed by atoms with Crippen molar-refractivity contribution in [1.29, 1.82) is 0 Å². The van der Waals surface area contributed by atoms with Gasteiger partial charge in [-0.1, -0.05) is 20.8 Å². The molecule has 1 saturated carbocycles. The number of piperidine rings is 1. The molecule has 2 rings (SSSR count). The summed E-state index contributed by atoms with van der Waals surface area (Å²) in [6.45, 7) is 8.14. The largest absolute Gasteiger partial charge is 0.338 e. The second-order valence-corrected chi connectivity index (χ2v) is 6.30. The normalized spacial score (nSPS) is 37.2. The highest BCUT2D eigenvalue weighted by Gasteiger charge is 2.52. The maximum Gasteiger partial charge on any atom is 0.226 e. The minimum Gasteiger partial charge on any atom is -0.338 e. The number of nitrogens with two attached hydrogens (primary N) is 1. The van der Waals surface area contributed by atoms with Crippen molar-refractivity contribution in [2.45, 2.75) is 46.1 Å². The molecular formula is C13H24N2O. The van der Waals surface area contributed by atoms with Crippen LogP contribution >= 0.6 is 0 Å². The van der Waals surface area contributed by atoms with E-state index >= 15 is 0 Å². The van der Waals surface area contributed by atoms with Gasteiger partial charge in [0.05, 0.1) is 0 Å². The predicted octanol–water partition coefficient (Wildman–Crippen LogP) is 1.62. The molecule has 0 aromatic carbocycles. The summed E-state index contributed by atoms with van der Waals surface area (Å²) in [5.74, 6) is 1.33. The lowest BCUT2D eigenvalue weighted by molar-refractivity contribution is -0.137. The first-order valence-electron chi connectivity index (χ1n) is 6.46. The van der Waals surface area contributed by atoms with E-state index in [2.05, 4.69) is 25.7 Å². The van der Waals surface area contributed by atoms with E-state index in [0.717, 1.165) is 25.8 Å². The zero-order valence-corrected chi connectivity index (χ0v) is 10.7. The third-order valence-electron chi connectivity index (χ3n) is 4.34. The molecule has 0 radical (unpaired) electrons. The molecule has 1 heterocycles. The SMILES string of the molecule is CC1CCN(C(=O)C2CC2(C)C)C(CN)C1. The van der Waals surface area contributed by atoms with Crippen LogP contribution in [-0.2, 0) is 4.79 Å². The summed E-state index contributed by atoms with van der Waals surface area (Å²) >= 11 is 0. The van der Waals surface area contributed by atoms with Crippen molar-refractivity contribution in [1.82, 2.24) is 4.90 Å². The van der Waals surface area contributed by atoms with E-state index in [1.807, 2.05) is 0 Å². The minimum absolute atomic E-state index is 0.235. The molecule has 3 atom stereocenters. The summed E-state index contributed by atoms with van der Waals surface area (Å²) in [7, 11) is 0. The Hall–Kier alpha value is -0.570. The maximum atomic E-state index is 12.3. The van der Waals surface area contributed by atoms with Gasteiger partial charge >= 0.3 is 0 Å². The fraction of sp³-hybridized carbons (Fsp3) is 0.923. The molecule has 1 aliphatic heterocycles. The van der Waals surface area contributed by atoms with Crippen LogP contribution in [0.25, 0.3) is 0 Å². The van der Waals surface area contributed by atoms with Crippen LogP contribution in [0.5, 0.6) is 0 Å². The number of likely N-dealkylation sites (tertiary alicyclic amines) is 1. The highest BCUT2D eigenvalue weighted by Crippen LogP contribution is 2.52. The lowest BCUT2D eigenvalue weighted by atomic mass is 9.91. The second kappa shape index (κ2) is 4.02. The van der Waals surface area contributed by atoms with Crippen molar-refractivity contribution in [2.24, 2.45) is 23.0 Å². The Morgan fingerprint density at radius 2 is 2.12 bits per heavy atom. The topological polar surface area (TPSA) is 46.3 Å². The summed E-state index contributed by atoms with van der Waals surface area (Å²) in [5.41, 5.74) is 6.02. The predicted molar refractivity (Wildman–Crippen MR) is 64.8 cm³/mol. The second-order valence-electron chi connectivity index (χ2n) is 6.30. The summed E-state index contributed by atoms with van der Waals surface area (Å²) < 4.78 is 0. The molecule has 2 aliphatic rings. The molecule has 0 bridgehead atoms. The van der Waals surface area contributed by atoms with Gasteiger partial charge in [-0.25, -0.2) is 0 Å². The molecule has 3 nitrogen and oxygen atoms in total. The number of nitrogens with zero attached hydrogens (tertiary/aromatic N) is 1. The van der Waals surface area contributed by atoms with Gasteiger partial charge in [0.25, 0.3) is 0 Å². The third kappa shape index (κ3) is 2.10. The average Bonchev–Trinajstić information content (AvgIpc) is 2.86. The van der Waals surface area contributed by atoms with Gasteiger partial charge in [0, 0.05) is 25.0 Å². The summed E-state index contributed by atoms with van der Waals surface area (Å²) in [6.07, 6.45) is 3.26. The zero-order valence-electron chi connectivity index (χ0n) is 10.7. The van der Waals surface area contributed by atoms with Gasteiger partial charge in [-0.05, 0) is 30.6 Å².